The number of halogens is 1. The molecule has 0 aromatic rings. The first-order valence-corrected chi connectivity index (χ1v) is 5.62. The van der Waals surface area contributed by atoms with E-state index in [4.69, 9.17) is 0 Å². The van der Waals surface area contributed by atoms with E-state index in [0.717, 1.165) is 12.0 Å². The Balaban J connectivity index is 2.28. The van der Waals surface area contributed by atoms with E-state index in [2.05, 4.69) is 34.8 Å². The Morgan fingerprint density at radius 3 is 2.82 bits per heavy atom. The smallest absolute Gasteiger partial charge is 0.00665 e. The maximum Gasteiger partial charge on any atom is 0.00665 e. The maximum atomic E-state index is 3.51. The molecule has 2 atom stereocenters. The van der Waals surface area contributed by atoms with Gasteiger partial charge in [0.05, 0.1) is 0 Å². The van der Waals surface area contributed by atoms with Crippen LogP contribution in [0.1, 0.15) is 26.2 Å². The van der Waals surface area contributed by atoms with E-state index in [1.165, 1.54) is 31.1 Å². The zero-order valence-corrected chi connectivity index (χ0v) is 9.10. The number of rotatable bonds is 2. The summed E-state index contributed by atoms with van der Waals surface area (Å²) in [6, 6.07) is 0.799. The van der Waals surface area contributed by atoms with Gasteiger partial charge in [-0.25, -0.2) is 0 Å². The van der Waals surface area contributed by atoms with Gasteiger partial charge < -0.3 is 4.90 Å². The Morgan fingerprint density at radius 1 is 1.55 bits per heavy atom. The van der Waals surface area contributed by atoms with Gasteiger partial charge in [0.25, 0.3) is 0 Å². The molecule has 0 aromatic heterocycles. The van der Waals surface area contributed by atoms with Crippen LogP contribution in [0.5, 0.6) is 0 Å². The van der Waals surface area contributed by atoms with Gasteiger partial charge in [0.1, 0.15) is 0 Å². The second kappa shape index (κ2) is 4.46. The average Bonchev–Trinajstić information content (AvgIpc) is 1.98. The Bertz CT molecular complexity index is 116. The molecule has 0 aliphatic carbocycles. The van der Waals surface area contributed by atoms with E-state index in [-0.39, 0.29) is 0 Å². The fraction of sp³-hybridized carbons (Fsp3) is 1.00. The molecule has 1 aliphatic heterocycles. The summed E-state index contributed by atoms with van der Waals surface area (Å²) in [5.41, 5.74) is 0. The molecule has 0 N–H and O–H groups in total. The molecule has 66 valence electrons. The predicted molar refractivity (Wildman–Crippen MR) is 53.2 cm³/mol. The lowest BCUT2D eigenvalue weighted by molar-refractivity contribution is 0.152. The molecule has 0 bridgehead atoms. The minimum Gasteiger partial charge on any atom is -0.304 e. The topological polar surface area (TPSA) is 3.24 Å². The van der Waals surface area contributed by atoms with Crippen molar-refractivity contribution in [2.24, 2.45) is 5.92 Å². The average molecular weight is 220 g/mol. The number of alkyl halides is 1. The van der Waals surface area contributed by atoms with Gasteiger partial charge in [0.15, 0.2) is 0 Å². The van der Waals surface area contributed by atoms with E-state index in [1.807, 2.05) is 0 Å². The molecule has 1 fully saturated rings. The molecule has 1 heterocycles. The van der Waals surface area contributed by atoms with Crippen molar-refractivity contribution in [3.05, 3.63) is 0 Å². The number of hydrogen-bond donors (Lipinski definition) is 0. The molecule has 0 unspecified atom stereocenters. The second-order valence-corrected chi connectivity index (χ2v) is 4.49. The van der Waals surface area contributed by atoms with Gasteiger partial charge >= 0.3 is 0 Å². The van der Waals surface area contributed by atoms with Gasteiger partial charge in [-0.15, -0.1) is 0 Å². The molecule has 0 aromatic carbocycles. The molecule has 11 heavy (non-hydrogen) atoms. The fourth-order valence-electron chi connectivity index (χ4n) is 1.80. The van der Waals surface area contributed by atoms with Crippen molar-refractivity contribution in [3.8, 4) is 0 Å². The molecule has 1 rings (SSSR count). The van der Waals surface area contributed by atoms with Gasteiger partial charge in [-0.3, -0.25) is 0 Å². The third kappa shape index (κ3) is 2.75. The van der Waals surface area contributed by atoms with E-state index in [9.17, 15) is 0 Å². The monoisotopic (exact) mass is 219 g/mol. The Labute approximate surface area is 78.3 Å². The van der Waals surface area contributed by atoms with Gasteiger partial charge in [-0.2, -0.15) is 0 Å². The summed E-state index contributed by atoms with van der Waals surface area (Å²) in [5.74, 6) is 0.973. The van der Waals surface area contributed by atoms with Gasteiger partial charge in [0.2, 0.25) is 0 Å². The molecule has 0 spiro atoms. The summed E-state index contributed by atoms with van der Waals surface area (Å²) in [6.07, 6.45) is 4.15. The van der Waals surface area contributed by atoms with Crippen LogP contribution in [0.3, 0.4) is 0 Å². The van der Waals surface area contributed by atoms with Crippen LogP contribution >= 0.6 is 15.9 Å². The molecule has 1 aliphatic rings. The van der Waals surface area contributed by atoms with E-state index in [0.29, 0.717) is 0 Å². The van der Waals surface area contributed by atoms with E-state index in [1.54, 1.807) is 0 Å². The van der Waals surface area contributed by atoms with Crippen LogP contribution in [0.2, 0.25) is 0 Å². The van der Waals surface area contributed by atoms with E-state index >= 15 is 0 Å². The number of hydrogen-bond acceptors (Lipinski definition) is 1. The van der Waals surface area contributed by atoms with Gasteiger partial charge in [-0.05, 0) is 45.7 Å². The normalized spacial score (nSPS) is 34.1. The number of likely N-dealkylation sites (tertiary alicyclic amines) is 1. The number of piperidine rings is 1. The lowest BCUT2D eigenvalue weighted by Crippen LogP contribution is -2.37. The summed E-state index contributed by atoms with van der Waals surface area (Å²) >= 11 is 3.51. The Morgan fingerprint density at radius 2 is 2.27 bits per heavy atom. The van der Waals surface area contributed by atoms with Crippen molar-refractivity contribution in [1.82, 2.24) is 4.90 Å². The lowest BCUT2D eigenvalue weighted by atomic mass is 9.90. The molecule has 0 saturated carbocycles. The Hall–Kier alpha value is 0.440. The lowest BCUT2D eigenvalue weighted by Gasteiger charge is -2.34. The summed E-state index contributed by atoms with van der Waals surface area (Å²) < 4.78 is 0. The van der Waals surface area contributed by atoms with Crippen molar-refractivity contribution in [1.29, 1.82) is 0 Å². The maximum absolute atomic E-state index is 3.51. The van der Waals surface area contributed by atoms with E-state index < -0.39 is 0 Å². The standard InChI is InChI=1S/C9H18BrN/c1-8-7-9(3-5-10)4-6-11(8)2/h8-9H,3-7H2,1-2H3/t8-,9-/m1/s1. The van der Waals surface area contributed by atoms with Crippen LogP contribution in [-0.4, -0.2) is 29.9 Å². The van der Waals surface area contributed by atoms with Crippen LogP contribution in [0.25, 0.3) is 0 Å². The molecule has 2 heteroatoms. The summed E-state index contributed by atoms with van der Waals surface area (Å²) in [5, 5.41) is 1.17. The van der Waals surface area contributed by atoms with Crippen LogP contribution in [-0.2, 0) is 0 Å². The molecule has 0 amide bonds. The first-order valence-electron chi connectivity index (χ1n) is 4.50. The summed E-state index contributed by atoms with van der Waals surface area (Å²) in [6.45, 7) is 3.62. The highest BCUT2D eigenvalue weighted by atomic mass is 79.9. The minimum absolute atomic E-state index is 0.799. The Kier molecular flexibility index (Phi) is 3.86. The fourth-order valence-corrected chi connectivity index (χ4v) is 2.45. The largest absolute Gasteiger partial charge is 0.304 e. The number of nitrogens with zero attached hydrogens (tertiary/aromatic N) is 1. The first kappa shape index (κ1) is 9.53. The molecule has 1 nitrogen and oxygen atoms in total. The SMILES string of the molecule is C[C@@H]1C[C@H](CCBr)CCN1C. The predicted octanol–water partition coefficient (Wildman–Crippen LogP) is 2.50. The van der Waals surface area contributed by atoms with Crippen molar-refractivity contribution in [2.45, 2.75) is 32.2 Å². The van der Waals surface area contributed by atoms with Crippen molar-refractivity contribution < 1.29 is 0 Å². The zero-order valence-electron chi connectivity index (χ0n) is 7.52. The highest BCUT2D eigenvalue weighted by molar-refractivity contribution is 9.09. The van der Waals surface area contributed by atoms with Gasteiger partial charge in [-0.1, -0.05) is 15.9 Å². The third-order valence-corrected chi connectivity index (χ3v) is 3.29. The van der Waals surface area contributed by atoms with Crippen LogP contribution in [0, 0.1) is 5.92 Å². The quantitative estimate of drug-likeness (QED) is 0.646. The summed E-state index contributed by atoms with van der Waals surface area (Å²) in [7, 11) is 2.23. The van der Waals surface area contributed by atoms with Crippen LogP contribution in [0.15, 0.2) is 0 Å². The highest BCUT2D eigenvalue weighted by Crippen LogP contribution is 2.24. The third-order valence-electron chi connectivity index (χ3n) is 2.83. The van der Waals surface area contributed by atoms with Crippen molar-refractivity contribution in [3.63, 3.8) is 0 Å². The zero-order chi connectivity index (χ0) is 8.27. The van der Waals surface area contributed by atoms with Crippen LogP contribution < -0.4 is 0 Å². The molecular weight excluding hydrogens is 202 g/mol. The second-order valence-electron chi connectivity index (χ2n) is 3.70. The van der Waals surface area contributed by atoms with Crippen LogP contribution in [0.4, 0.5) is 0 Å². The van der Waals surface area contributed by atoms with Gasteiger partial charge in [0, 0.05) is 11.4 Å². The highest BCUT2D eigenvalue weighted by Gasteiger charge is 2.21. The summed E-state index contributed by atoms with van der Waals surface area (Å²) in [4.78, 5) is 2.46. The van der Waals surface area contributed by atoms with Crippen molar-refractivity contribution >= 4 is 15.9 Å². The first-order chi connectivity index (χ1) is 5.24. The minimum atomic E-state index is 0.799. The molecule has 1 saturated heterocycles. The molecular formula is C9H18BrN. The molecule has 0 radical (unpaired) electrons. The van der Waals surface area contributed by atoms with Crippen molar-refractivity contribution in [2.75, 3.05) is 18.9 Å².